The Kier molecular flexibility index (Phi) is 7.70. The number of aldehydes is 1. The lowest BCUT2D eigenvalue weighted by Crippen LogP contribution is -2.49. The summed E-state index contributed by atoms with van der Waals surface area (Å²) in [6.07, 6.45) is 7.31. The van der Waals surface area contributed by atoms with Crippen LogP contribution in [0.1, 0.15) is 62.7 Å². The van der Waals surface area contributed by atoms with Gasteiger partial charge in [-0.2, -0.15) is 5.90 Å². The number of benzene rings is 1. The van der Waals surface area contributed by atoms with Crippen LogP contribution in [0.15, 0.2) is 35.5 Å². The highest BCUT2D eigenvalue weighted by Gasteiger charge is 2.45. The van der Waals surface area contributed by atoms with E-state index in [0.717, 1.165) is 50.4 Å². The number of amidine groups is 1. The summed E-state index contributed by atoms with van der Waals surface area (Å²) in [5.74, 6) is 6.37. The van der Waals surface area contributed by atoms with Gasteiger partial charge in [-0.25, -0.2) is 9.38 Å². The summed E-state index contributed by atoms with van der Waals surface area (Å²) >= 11 is 0. The molecule has 1 saturated carbocycles. The zero-order valence-electron chi connectivity index (χ0n) is 18.6. The van der Waals surface area contributed by atoms with Crippen LogP contribution in [-0.2, 0) is 4.84 Å². The second-order valence-electron chi connectivity index (χ2n) is 9.21. The molecule has 7 heteroatoms. The molecule has 0 radical (unpaired) electrons. The first-order chi connectivity index (χ1) is 14.9. The second-order valence-corrected chi connectivity index (χ2v) is 9.21. The van der Waals surface area contributed by atoms with Crippen LogP contribution >= 0.6 is 0 Å². The lowest BCUT2D eigenvalue weighted by Gasteiger charge is -2.52. The lowest BCUT2D eigenvalue weighted by atomic mass is 9.56. The molecule has 1 heterocycles. The van der Waals surface area contributed by atoms with Crippen molar-refractivity contribution in [3.63, 3.8) is 0 Å². The fourth-order valence-corrected chi connectivity index (χ4v) is 4.63. The molecule has 170 valence electrons. The monoisotopic (exact) mass is 431 g/mol. The van der Waals surface area contributed by atoms with Crippen molar-refractivity contribution in [1.82, 2.24) is 4.90 Å². The molecule has 1 saturated heterocycles. The Bertz CT molecular complexity index is 808. The molecule has 1 aliphatic carbocycles. The number of carbonyl (C=O) groups excluding carboxylic acids is 1. The molecular weight excluding hydrogens is 397 g/mol. The number of allylic oxidation sites excluding steroid dienone is 1. The number of nitrogens with two attached hydrogens (primary N) is 1. The molecule has 3 rings (SSSR count). The van der Waals surface area contributed by atoms with Gasteiger partial charge < -0.3 is 14.5 Å². The van der Waals surface area contributed by atoms with Gasteiger partial charge in [0.2, 0.25) is 0 Å². The van der Waals surface area contributed by atoms with Gasteiger partial charge in [0.1, 0.15) is 11.6 Å². The van der Waals surface area contributed by atoms with Crippen molar-refractivity contribution in [2.24, 2.45) is 28.1 Å². The first-order valence-corrected chi connectivity index (χ1v) is 11.1. The number of hydrogen-bond donors (Lipinski definition) is 1. The van der Waals surface area contributed by atoms with Crippen LogP contribution in [0.25, 0.3) is 0 Å². The van der Waals surface area contributed by atoms with E-state index in [9.17, 15) is 9.18 Å². The van der Waals surface area contributed by atoms with Crippen LogP contribution < -0.4 is 10.6 Å². The van der Waals surface area contributed by atoms with Gasteiger partial charge >= 0.3 is 6.02 Å². The van der Waals surface area contributed by atoms with E-state index in [1.54, 1.807) is 6.07 Å². The van der Waals surface area contributed by atoms with Crippen molar-refractivity contribution in [3.05, 3.63) is 41.9 Å². The third-order valence-electron chi connectivity index (χ3n) is 6.67. The molecule has 1 spiro atoms. The van der Waals surface area contributed by atoms with Gasteiger partial charge in [0, 0.05) is 24.9 Å². The lowest BCUT2D eigenvalue weighted by molar-refractivity contribution is -0.00814. The zero-order chi connectivity index (χ0) is 22.4. The van der Waals surface area contributed by atoms with Crippen molar-refractivity contribution in [3.8, 4) is 5.75 Å². The van der Waals surface area contributed by atoms with Crippen LogP contribution in [-0.4, -0.2) is 36.9 Å². The Morgan fingerprint density at radius 2 is 2.10 bits per heavy atom. The number of aliphatic imine (C=N–C) groups is 1. The van der Waals surface area contributed by atoms with Crippen LogP contribution in [0.4, 0.5) is 4.39 Å². The fraction of sp³-hybridized carbons (Fsp3) is 0.583. The SMILES string of the molecule is C=C(N=C(ON)N1CCC2(CC1)CC(CCCOc1ccc(C=O)c(F)c1)C2)C(C)C. The minimum atomic E-state index is -0.540. The van der Waals surface area contributed by atoms with E-state index in [-0.39, 0.29) is 11.5 Å². The van der Waals surface area contributed by atoms with E-state index in [2.05, 4.69) is 16.5 Å². The Labute approximate surface area is 184 Å². The van der Waals surface area contributed by atoms with Gasteiger partial charge in [0.15, 0.2) is 6.29 Å². The molecular formula is C24H34FN3O3. The van der Waals surface area contributed by atoms with E-state index in [1.165, 1.54) is 25.0 Å². The number of halogens is 1. The number of ether oxygens (including phenoxy) is 1. The topological polar surface area (TPSA) is 77.2 Å². The van der Waals surface area contributed by atoms with Gasteiger partial charge in [0.25, 0.3) is 0 Å². The Balaban J connectivity index is 1.36. The largest absolute Gasteiger partial charge is 0.493 e. The molecule has 2 N–H and O–H groups in total. The van der Waals surface area contributed by atoms with E-state index in [4.69, 9.17) is 15.5 Å². The molecule has 2 fully saturated rings. The summed E-state index contributed by atoms with van der Waals surface area (Å²) < 4.78 is 19.2. The van der Waals surface area contributed by atoms with Crippen molar-refractivity contribution >= 4 is 12.3 Å². The van der Waals surface area contributed by atoms with Crippen molar-refractivity contribution < 1.29 is 18.8 Å². The highest BCUT2D eigenvalue weighted by atomic mass is 19.1. The van der Waals surface area contributed by atoms with E-state index >= 15 is 0 Å². The van der Waals surface area contributed by atoms with Gasteiger partial charge in [0.05, 0.1) is 12.2 Å². The van der Waals surface area contributed by atoms with E-state index < -0.39 is 5.82 Å². The molecule has 31 heavy (non-hydrogen) atoms. The van der Waals surface area contributed by atoms with Crippen molar-refractivity contribution in [2.45, 2.75) is 52.4 Å². The average Bonchev–Trinajstić information content (AvgIpc) is 2.74. The maximum atomic E-state index is 13.6. The smallest absolute Gasteiger partial charge is 0.311 e. The van der Waals surface area contributed by atoms with E-state index in [1.807, 2.05) is 13.8 Å². The van der Waals surface area contributed by atoms with Gasteiger partial charge in [-0.05, 0) is 67.9 Å². The Morgan fingerprint density at radius 3 is 2.68 bits per heavy atom. The maximum Gasteiger partial charge on any atom is 0.311 e. The molecule has 0 atom stereocenters. The van der Waals surface area contributed by atoms with Gasteiger partial charge in [-0.3, -0.25) is 4.79 Å². The Hall–Kier alpha value is -2.41. The van der Waals surface area contributed by atoms with Gasteiger partial charge in [-0.15, -0.1) is 0 Å². The minimum Gasteiger partial charge on any atom is -0.493 e. The van der Waals surface area contributed by atoms with Crippen LogP contribution in [0.5, 0.6) is 5.75 Å². The van der Waals surface area contributed by atoms with Crippen LogP contribution in [0.3, 0.4) is 0 Å². The Morgan fingerprint density at radius 1 is 1.39 bits per heavy atom. The molecule has 2 aliphatic rings. The number of likely N-dealkylation sites (tertiary alicyclic amines) is 1. The molecule has 6 nitrogen and oxygen atoms in total. The third kappa shape index (κ3) is 5.85. The fourth-order valence-electron chi connectivity index (χ4n) is 4.63. The van der Waals surface area contributed by atoms with Gasteiger partial charge in [-0.1, -0.05) is 20.4 Å². The normalized spacial score (nSPS) is 18.7. The number of hydrogen-bond acceptors (Lipinski definition) is 5. The average molecular weight is 432 g/mol. The number of piperidine rings is 1. The summed E-state index contributed by atoms with van der Waals surface area (Å²) in [6.45, 7) is 10.4. The molecule has 1 aromatic rings. The zero-order valence-corrected chi connectivity index (χ0v) is 18.6. The first kappa shape index (κ1) is 23.3. The predicted molar refractivity (Wildman–Crippen MR) is 119 cm³/mol. The highest BCUT2D eigenvalue weighted by Crippen LogP contribution is 2.54. The summed E-state index contributed by atoms with van der Waals surface area (Å²) in [7, 11) is 0. The summed E-state index contributed by atoms with van der Waals surface area (Å²) in [5, 5.41) is 0. The second kappa shape index (κ2) is 10.3. The minimum absolute atomic E-state index is 0.0550. The van der Waals surface area contributed by atoms with Crippen LogP contribution in [0.2, 0.25) is 0 Å². The van der Waals surface area contributed by atoms with Crippen LogP contribution in [0, 0.1) is 23.1 Å². The predicted octanol–water partition coefficient (Wildman–Crippen LogP) is 4.71. The molecule has 1 aliphatic heterocycles. The third-order valence-corrected chi connectivity index (χ3v) is 6.67. The molecule has 0 unspecified atom stereocenters. The van der Waals surface area contributed by atoms with E-state index in [0.29, 0.717) is 30.1 Å². The van der Waals surface area contributed by atoms with Crippen molar-refractivity contribution in [2.75, 3.05) is 19.7 Å². The number of carbonyl (C=O) groups is 1. The maximum absolute atomic E-state index is 13.6. The number of nitrogens with zero attached hydrogens (tertiary/aromatic N) is 2. The number of rotatable bonds is 8. The summed E-state index contributed by atoms with van der Waals surface area (Å²) in [4.78, 5) is 22.3. The molecule has 0 aromatic heterocycles. The molecule has 1 aromatic carbocycles. The summed E-state index contributed by atoms with van der Waals surface area (Å²) in [6, 6.07) is 4.83. The van der Waals surface area contributed by atoms with Crippen molar-refractivity contribution in [1.29, 1.82) is 0 Å². The molecule has 0 amide bonds. The first-order valence-electron chi connectivity index (χ1n) is 11.1. The molecule has 0 bridgehead atoms. The summed E-state index contributed by atoms with van der Waals surface area (Å²) in [5.41, 5.74) is 1.26. The standard InChI is InChI=1S/C24H34FN3O3/c1-17(2)18(3)27-23(31-26)28-10-8-24(9-11-28)14-19(15-24)5-4-12-30-21-7-6-20(16-29)22(25)13-21/h6-7,13,16-17,19H,3-5,8-12,14-15,26H2,1-2H3. The highest BCUT2D eigenvalue weighted by molar-refractivity contribution is 5.75. The quantitative estimate of drug-likeness (QED) is 0.212.